The molecule has 1 heterocycles. The largest absolute Gasteiger partial charge is 0.380 e. The van der Waals surface area contributed by atoms with Gasteiger partial charge >= 0.3 is 0 Å². The van der Waals surface area contributed by atoms with E-state index < -0.39 is 0 Å². The third-order valence-electron chi connectivity index (χ3n) is 2.95. The van der Waals surface area contributed by atoms with E-state index in [4.69, 9.17) is 9.47 Å². The summed E-state index contributed by atoms with van der Waals surface area (Å²) in [7, 11) is 0. The van der Waals surface area contributed by atoms with Gasteiger partial charge in [0.1, 0.15) is 5.82 Å². The number of aromatic nitrogens is 3. The minimum absolute atomic E-state index is 0.197. The van der Waals surface area contributed by atoms with Crippen LogP contribution >= 0.6 is 0 Å². The number of ether oxygens (including phenoxy) is 2. The molecule has 7 heteroatoms. The molecule has 21 heavy (non-hydrogen) atoms. The molecule has 0 aromatic carbocycles. The van der Waals surface area contributed by atoms with Gasteiger partial charge in [-0.1, -0.05) is 13.8 Å². The number of carbonyl (C=O) groups is 1. The van der Waals surface area contributed by atoms with Gasteiger partial charge in [-0.3, -0.25) is 9.89 Å². The Hall–Kier alpha value is -1.47. The number of nitrogens with zero attached hydrogens (tertiary/aromatic N) is 3. The highest BCUT2D eigenvalue weighted by Gasteiger charge is 2.20. The topological polar surface area (TPSA) is 80.3 Å². The van der Waals surface area contributed by atoms with Crippen molar-refractivity contribution in [2.75, 3.05) is 39.5 Å². The van der Waals surface area contributed by atoms with Crippen LogP contribution < -0.4 is 0 Å². The number of H-pyrrole nitrogens is 1. The third-order valence-corrected chi connectivity index (χ3v) is 2.95. The van der Waals surface area contributed by atoms with Crippen molar-refractivity contribution >= 4 is 5.91 Å². The van der Waals surface area contributed by atoms with Gasteiger partial charge in [0.25, 0.3) is 5.91 Å². The zero-order valence-electron chi connectivity index (χ0n) is 13.4. The molecule has 0 bridgehead atoms. The van der Waals surface area contributed by atoms with Crippen molar-refractivity contribution in [3.63, 3.8) is 0 Å². The van der Waals surface area contributed by atoms with Crippen LogP contribution in [0.4, 0.5) is 0 Å². The highest BCUT2D eigenvalue weighted by Crippen LogP contribution is 2.09. The Bertz CT molecular complexity index is 410. The Morgan fingerprint density at radius 1 is 1.19 bits per heavy atom. The number of aromatic amines is 1. The molecular formula is C14H26N4O3. The fourth-order valence-corrected chi connectivity index (χ4v) is 1.72. The van der Waals surface area contributed by atoms with E-state index >= 15 is 0 Å². The van der Waals surface area contributed by atoms with Crippen LogP contribution in [0.3, 0.4) is 0 Å². The normalized spacial score (nSPS) is 11.1. The van der Waals surface area contributed by atoms with Crippen LogP contribution in [0, 0.1) is 0 Å². The predicted molar refractivity (Wildman–Crippen MR) is 79.4 cm³/mol. The van der Waals surface area contributed by atoms with Gasteiger partial charge < -0.3 is 14.4 Å². The summed E-state index contributed by atoms with van der Waals surface area (Å²) in [6, 6.07) is 0. The summed E-state index contributed by atoms with van der Waals surface area (Å²) in [5.41, 5.74) is 0. The molecule has 120 valence electrons. The molecule has 0 atom stereocenters. The van der Waals surface area contributed by atoms with Crippen molar-refractivity contribution in [2.45, 2.75) is 33.6 Å². The van der Waals surface area contributed by atoms with Crippen molar-refractivity contribution < 1.29 is 14.3 Å². The third kappa shape index (κ3) is 5.81. The summed E-state index contributed by atoms with van der Waals surface area (Å²) in [6.45, 7) is 11.1. The molecule has 0 saturated carbocycles. The summed E-state index contributed by atoms with van der Waals surface area (Å²) >= 11 is 0. The van der Waals surface area contributed by atoms with Crippen LogP contribution in [-0.2, 0) is 9.47 Å². The van der Waals surface area contributed by atoms with E-state index in [-0.39, 0.29) is 17.6 Å². The lowest BCUT2D eigenvalue weighted by Gasteiger charge is -2.21. The Kier molecular flexibility index (Phi) is 7.92. The smallest absolute Gasteiger partial charge is 0.293 e. The van der Waals surface area contributed by atoms with Gasteiger partial charge in [0, 0.05) is 32.2 Å². The van der Waals surface area contributed by atoms with E-state index in [0.29, 0.717) is 45.3 Å². The fraction of sp³-hybridized carbons (Fsp3) is 0.786. The van der Waals surface area contributed by atoms with E-state index in [9.17, 15) is 4.79 Å². The maximum Gasteiger partial charge on any atom is 0.293 e. The summed E-state index contributed by atoms with van der Waals surface area (Å²) < 4.78 is 10.6. The molecular weight excluding hydrogens is 272 g/mol. The van der Waals surface area contributed by atoms with Crippen LogP contribution in [0.15, 0.2) is 0 Å². The Morgan fingerprint density at radius 3 is 2.19 bits per heavy atom. The first-order valence-electron chi connectivity index (χ1n) is 7.47. The molecule has 1 amide bonds. The predicted octanol–water partition coefficient (Wildman–Crippen LogP) is 1.44. The first kappa shape index (κ1) is 17.6. The van der Waals surface area contributed by atoms with Crippen molar-refractivity contribution in [1.82, 2.24) is 20.1 Å². The zero-order chi connectivity index (χ0) is 15.7. The maximum atomic E-state index is 12.4. The molecule has 0 unspecified atom stereocenters. The van der Waals surface area contributed by atoms with Crippen LogP contribution in [-0.4, -0.2) is 65.5 Å². The second kappa shape index (κ2) is 9.46. The molecule has 0 radical (unpaired) electrons. The highest BCUT2D eigenvalue weighted by molar-refractivity contribution is 5.90. The van der Waals surface area contributed by atoms with Crippen LogP contribution in [0.5, 0.6) is 0 Å². The molecule has 0 aliphatic heterocycles. The first-order valence-corrected chi connectivity index (χ1v) is 7.47. The molecule has 1 aromatic heterocycles. The highest BCUT2D eigenvalue weighted by atomic mass is 16.5. The average Bonchev–Trinajstić information content (AvgIpc) is 2.95. The molecule has 1 aromatic rings. The molecule has 7 nitrogen and oxygen atoms in total. The van der Waals surface area contributed by atoms with Gasteiger partial charge in [0.05, 0.1) is 13.2 Å². The van der Waals surface area contributed by atoms with E-state index in [1.165, 1.54) is 0 Å². The molecule has 0 aliphatic rings. The first-order chi connectivity index (χ1) is 10.1. The SMILES string of the molecule is CCOCCN(CCOCC)C(=O)c1n[nH]c(C(C)C)n1. The fourth-order valence-electron chi connectivity index (χ4n) is 1.72. The minimum atomic E-state index is -0.197. The molecule has 0 saturated heterocycles. The number of carbonyl (C=O) groups excluding carboxylic acids is 1. The number of hydrogen-bond acceptors (Lipinski definition) is 5. The Balaban J connectivity index is 2.66. The Labute approximate surface area is 126 Å². The molecule has 1 rings (SSSR count). The van der Waals surface area contributed by atoms with Gasteiger partial charge in [-0.15, -0.1) is 5.10 Å². The van der Waals surface area contributed by atoms with Gasteiger partial charge in [0.15, 0.2) is 0 Å². The average molecular weight is 298 g/mol. The van der Waals surface area contributed by atoms with Gasteiger partial charge in [-0.25, -0.2) is 4.98 Å². The Morgan fingerprint density at radius 2 is 1.76 bits per heavy atom. The summed E-state index contributed by atoms with van der Waals surface area (Å²) in [4.78, 5) is 18.4. The van der Waals surface area contributed by atoms with Crippen molar-refractivity contribution in [1.29, 1.82) is 0 Å². The summed E-state index contributed by atoms with van der Waals surface area (Å²) in [6.07, 6.45) is 0. The van der Waals surface area contributed by atoms with Crippen LogP contribution in [0.2, 0.25) is 0 Å². The quantitative estimate of drug-likeness (QED) is 0.661. The van der Waals surface area contributed by atoms with Crippen molar-refractivity contribution in [3.05, 3.63) is 11.6 Å². The number of nitrogens with one attached hydrogen (secondary N) is 1. The lowest BCUT2D eigenvalue weighted by molar-refractivity contribution is 0.0540. The maximum absolute atomic E-state index is 12.4. The summed E-state index contributed by atoms with van der Waals surface area (Å²) in [5.74, 6) is 0.927. The molecule has 0 spiro atoms. The standard InChI is InChI=1S/C14H26N4O3/c1-5-20-9-7-18(8-10-21-6-2)14(19)13-15-12(11(3)4)16-17-13/h11H,5-10H2,1-4H3,(H,15,16,17). The van der Waals surface area contributed by atoms with Crippen molar-refractivity contribution in [3.8, 4) is 0 Å². The monoisotopic (exact) mass is 298 g/mol. The molecule has 0 aliphatic carbocycles. The van der Waals surface area contributed by atoms with Crippen molar-refractivity contribution in [2.24, 2.45) is 0 Å². The second-order valence-electron chi connectivity index (χ2n) is 4.89. The van der Waals surface area contributed by atoms with Crippen LogP contribution in [0.25, 0.3) is 0 Å². The van der Waals surface area contributed by atoms with Crippen LogP contribution in [0.1, 0.15) is 50.1 Å². The minimum Gasteiger partial charge on any atom is -0.380 e. The number of rotatable bonds is 10. The van der Waals surface area contributed by atoms with Gasteiger partial charge in [-0.2, -0.15) is 0 Å². The van der Waals surface area contributed by atoms with E-state index in [1.807, 2.05) is 27.7 Å². The van der Waals surface area contributed by atoms with E-state index in [2.05, 4.69) is 15.2 Å². The molecule has 0 fully saturated rings. The van der Waals surface area contributed by atoms with Gasteiger partial charge in [0.2, 0.25) is 5.82 Å². The van der Waals surface area contributed by atoms with Gasteiger partial charge in [-0.05, 0) is 13.8 Å². The number of amides is 1. The number of hydrogen-bond donors (Lipinski definition) is 1. The van der Waals surface area contributed by atoms with E-state index in [0.717, 1.165) is 0 Å². The van der Waals surface area contributed by atoms with E-state index in [1.54, 1.807) is 4.90 Å². The lowest BCUT2D eigenvalue weighted by Crippen LogP contribution is -2.37. The second-order valence-corrected chi connectivity index (χ2v) is 4.89. The zero-order valence-corrected chi connectivity index (χ0v) is 13.4. The summed E-state index contributed by atoms with van der Waals surface area (Å²) in [5, 5.41) is 6.81. The molecule has 1 N–H and O–H groups in total. The lowest BCUT2D eigenvalue weighted by atomic mass is 10.2.